The van der Waals surface area contributed by atoms with Crippen molar-refractivity contribution in [2.45, 2.75) is 0 Å². The molecule has 0 fully saturated rings. The number of hydrogen-bond acceptors (Lipinski definition) is 1. The second-order valence-corrected chi connectivity index (χ2v) is 3.87. The van der Waals surface area contributed by atoms with E-state index in [0.29, 0.717) is 10.0 Å². The molecule has 3 heteroatoms. The molecule has 0 unspecified atom stereocenters. The molecule has 14 heavy (non-hydrogen) atoms. The van der Waals surface area contributed by atoms with Gasteiger partial charge in [0, 0.05) is 22.2 Å². The summed E-state index contributed by atoms with van der Waals surface area (Å²) < 4.78 is 0. The maximum atomic E-state index is 6.08. The van der Waals surface area contributed by atoms with Crippen molar-refractivity contribution < 1.29 is 0 Å². The second-order valence-electron chi connectivity index (χ2n) is 3.03. The first-order valence-electron chi connectivity index (χ1n) is 4.33. The molecule has 72 valence electrons. The van der Waals surface area contributed by atoms with Crippen LogP contribution in [0.2, 0.25) is 10.0 Å². The number of rotatable bonds is 1. The lowest BCUT2D eigenvalue weighted by atomic mass is 10.0. The van der Waals surface area contributed by atoms with Crippen LogP contribution in [0.25, 0.3) is 5.57 Å². The zero-order chi connectivity index (χ0) is 9.97. The van der Waals surface area contributed by atoms with Gasteiger partial charge in [0.05, 0.1) is 0 Å². The van der Waals surface area contributed by atoms with Crippen LogP contribution in [0, 0.1) is 0 Å². The SMILES string of the molecule is Clc1ccc(C2=CCNC=C2)c(Cl)c1. The molecule has 1 N–H and O–H groups in total. The molecule has 1 aromatic carbocycles. The highest BCUT2D eigenvalue weighted by Crippen LogP contribution is 2.28. The largest absolute Gasteiger partial charge is 0.387 e. The predicted octanol–water partition coefficient (Wildman–Crippen LogP) is 3.49. The lowest BCUT2D eigenvalue weighted by molar-refractivity contribution is 0.976. The third-order valence-electron chi connectivity index (χ3n) is 2.06. The number of dihydropyridines is 1. The summed E-state index contributed by atoms with van der Waals surface area (Å²) in [5, 5.41) is 4.44. The number of benzene rings is 1. The minimum atomic E-state index is 0.664. The van der Waals surface area contributed by atoms with Gasteiger partial charge < -0.3 is 5.32 Å². The van der Waals surface area contributed by atoms with Crippen LogP contribution >= 0.6 is 23.2 Å². The Morgan fingerprint density at radius 3 is 2.71 bits per heavy atom. The average molecular weight is 226 g/mol. The fourth-order valence-electron chi connectivity index (χ4n) is 1.38. The minimum Gasteiger partial charge on any atom is -0.387 e. The molecule has 0 saturated heterocycles. The van der Waals surface area contributed by atoms with E-state index in [1.807, 2.05) is 24.4 Å². The van der Waals surface area contributed by atoms with Crippen LogP contribution in [0.4, 0.5) is 0 Å². The van der Waals surface area contributed by atoms with Crippen molar-refractivity contribution in [1.29, 1.82) is 0 Å². The lowest BCUT2D eigenvalue weighted by Crippen LogP contribution is -2.08. The maximum absolute atomic E-state index is 6.08. The molecule has 0 saturated carbocycles. The van der Waals surface area contributed by atoms with Gasteiger partial charge in [0.2, 0.25) is 0 Å². The van der Waals surface area contributed by atoms with Gasteiger partial charge in [-0.05, 0) is 30.0 Å². The summed E-state index contributed by atoms with van der Waals surface area (Å²) in [4.78, 5) is 0. The Morgan fingerprint density at radius 1 is 1.21 bits per heavy atom. The molecule has 0 aliphatic carbocycles. The van der Waals surface area contributed by atoms with Gasteiger partial charge in [-0.2, -0.15) is 0 Å². The summed E-state index contributed by atoms with van der Waals surface area (Å²) in [7, 11) is 0. The highest BCUT2D eigenvalue weighted by Gasteiger charge is 2.05. The number of nitrogens with one attached hydrogen (secondary N) is 1. The molecule has 0 radical (unpaired) electrons. The van der Waals surface area contributed by atoms with Gasteiger partial charge in [0.1, 0.15) is 0 Å². The first-order valence-corrected chi connectivity index (χ1v) is 5.08. The first kappa shape index (κ1) is 9.63. The van der Waals surface area contributed by atoms with Crippen LogP contribution in [0.3, 0.4) is 0 Å². The third-order valence-corrected chi connectivity index (χ3v) is 2.61. The van der Waals surface area contributed by atoms with Crippen molar-refractivity contribution >= 4 is 28.8 Å². The summed E-state index contributed by atoms with van der Waals surface area (Å²) in [5.41, 5.74) is 2.15. The van der Waals surface area contributed by atoms with Crippen LogP contribution in [0.1, 0.15) is 5.56 Å². The first-order chi connectivity index (χ1) is 6.77. The molecule has 0 bridgehead atoms. The van der Waals surface area contributed by atoms with Crippen LogP contribution < -0.4 is 5.32 Å². The predicted molar refractivity (Wildman–Crippen MR) is 61.6 cm³/mol. The molecule has 1 heterocycles. The molecule has 0 spiro atoms. The summed E-state index contributed by atoms with van der Waals surface area (Å²) in [5.74, 6) is 0. The van der Waals surface area contributed by atoms with Crippen LogP contribution in [0.5, 0.6) is 0 Å². The molecule has 0 aromatic heterocycles. The Morgan fingerprint density at radius 2 is 2.07 bits per heavy atom. The summed E-state index contributed by atoms with van der Waals surface area (Å²) >= 11 is 11.9. The van der Waals surface area contributed by atoms with E-state index in [2.05, 4.69) is 11.4 Å². The fourth-order valence-corrected chi connectivity index (χ4v) is 1.89. The standard InChI is InChI=1S/C11H9Cl2N/c12-9-1-2-10(11(13)7-9)8-3-5-14-6-4-8/h1-5,7,14H,6H2. The Balaban J connectivity index is 2.41. The van der Waals surface area contributed by atoms with Crippen LogP contribution in [-0.2, 0) is 0 Å². The molecular weight excluding hydrogens is 217 g/mol. The number of allylic oxidation sites excluding steroid dienone is 2. The molecule has 0 amide bonds. The van der Waals surface area contributed by atoms with Gasteiger partial charge in [0.25, 0.3) is 0 Å². The fraction of sp³-hybridized carbons (Fsp3) is 0.0909. The van der Waals surface area contributed by atoms with Gasteiger partial charge in [-0.25, -0.2) is 0 Å². The van der Waals surface area contributed by atoms with E-state index < -0.39 is 0 Å². The summed E-state index contributed by atoms with van der Waals surface area (Å²) in [6, 6.07) is 5.54. The van der Waals surface area contributed by atoms with Crippen molar-refractivity contribution in [3.63, 3.8) is 0 Å². The van der Waals surface area contributed by atoms with Crippen LogP contribution in [-0.4, -0.2) is 6.54 Å². The third kappa shape index (κ3) is 1.94. The topological polar surface area (TPSA) is 12.0 Å². The highest BCUT2D eigenvalue weighted by atomic mass is 35.5. The number of hydrogen-bond donors (Lipinski definition) is 1. The van der Waals surface area contributed by atoms with Gasteiger partial charge in [-0.3, -0.25) is 0 Å². The average Bonchev–Trinajstić information content (AvgIpc) is 2.19. The molecular formula is C11H9Cl2N. The van der Waals surface area contributed by atoms with Crippen LogP contribution in [0.15, 0.2) is 36.6 Å². The Bertz CT molecular complexity index is 408. The van der Waals surface area contributed by atoms with Crippen molar-refractivity contribution in [3.05, 3.63) is 52.2 Å². The normalized spacial score (nSPS) is 14.9. The lowest BCUT2D eigenvalue weighted by Gasteiger charge is -2.10. The van der Waals surface area contributed by atoms with E-state index in [4.69, 9.17) is 23.2 Å². The molecule has 1 aromatic rings. The Hall–Kier alpha value is -0.920. The Kier molecular flexibility index (Phi) is 2.80. The Labute approximate surface area is 93.0 Å². The van der Waals surface area contributed by atoms with Gasteiger partial charge in [0.15, 0.2) is 0 Å². The van der Waals surface area contributed by atoms with Crippen molar-refractivity contribution in [2.24, 2.45) is 0 Å². The molecule has 2 rings (SSSR count). The second kappa shape index (κ2) is 4.07. The van der Waals surface area contributed by atoms with E-state index >= 15 is 0 Å². The van der Waals surface area contributed by atoms with Gasteiger partial charge >= 0.3 is 0 Å². The van der Waals surface area contributed by atoms with E-state index in [1.54, 1.807) is 6.07 Å². The van der Waals surface area contributed by atoms with E-state index in [0.717, 1.165) is 17.7 Å². The zero-order valence-corrected chi connectivity index (χ0v) is 8.94. The van der Waals surface area contributed by atoms with E-state index in [9.17, 15) is 0 Å². The molecule has 0 atom stereocenters. The molecule has 1 aliphatic rings. The maximum Gasteiger partial charge on any atom is 0.0499 e. The van der Waals surface area contributed by atoms with Crippen molar-refractivity contribution in [2.75, 3.05) is 6.54 Å². The van der Waals surface area contributed by atoms with Crippen molar-refractivity contribution in [1.82, 2.24) is 5.32 Å². The van der Waals surface area contributed by atoms with Crippen molar-refractivity contribution in [3.8, 4) is 0 Å². The minimum absolute atomic E-state index is 0.664. The quantitative estimate of drug-likeness (QED) is 0.772. The highest BCUT2D eigenvalue weighted by molar-refractivity contribution is 6.35. The summed E-state index contributed by atoms with van der Waals surface area (Å²) in [6.07, 6.45) is 6.01. The van der Waals surface area contributed by atoms with Gasteiger partial charge in [-0.15, -0.1) is 0 Å². The molecule has 1 nitrogen and oxygen atoms in total. The molecule has 1 aliphatic heterocycles. The zero-order valence-electron chi connectivity index (χ0n) is 7.43. The smallest absolute Gasteiger partial charge is 0.0499 e. The summed E-state index contributed by atoms with van der Waals surface area (Å²) in [6.45, 7) is 0.838. The van der Waals surface area contributed by atoms with E-state index in [-0.39, 0.29) is 0 Å². The van der Waals surface area contributed by atoms with E-state index in [1.165, 1.54) is 0 Å². The monoisotopic (exact) mass is 225 g/mol. The number of halogens is 2. The van der Waals surface area contributed by atoms with Gasteiger partial charge in [-0.1, -0.05) is 35.3 Å².